The van der Waals surface area contributed by atoms with Gasteiger partial charge in [0, 0.05) is 18.8 Å². The Morgan fingerprint density at radius 3 is 2.29 bits per heavy atom. The summed E-state index contributed by atoms with van der Waals surface area (Å²) in [5.41, 5.74) is 3.75. The lowest BCUT2D eigenvalue weighted by Crippen LogP contribution is -2.38. The van der Waals surface area contributed by atoms with Gasteiger partial charge in [-0.15, -0.1) is 0 Å². The maximum atomic E-state index is 11.9. The summed E-state index contributed by atoms with van der Waals surface area (Å²) in [6, 6.07) is 14.8. The second kappa shape index (κ2) is 8.66. The van der Waals surface area contributed by atoms with E-state index in [0.29, 0.717) is 11.8 Å². The number of hydrogen-bond donors (Lipinski definition) is 0. The molecule has 0 spiro atoms. The van der Waals surface area contributed by atoms with E-state index in [-0.39, 0.29) is 4.90 Å². The minimum Gasteiger partial charge on any atom is -0.495 e. The second-order valence-electron chi connectivity index (χ2n) is 7.91. The summed E-state index contributed by atoms with van der Waals surface area (Å²) in [6.45, 7) is 6.08. The Morgan fingerprint density at radius 1 is 1.11 bits per heavy atom. The van der Waals surface area contributed by atoms with Crippen molar-refractivity contribution in [3.8, 4) is 5.75 Å². The fraction of sp³-hybridized carbons (Fsp3) is 0.478. The Kier molecular flexibility index (Phi) is 6.46. The number of likely N-dealkylation sites (N-methyl/N-ethyl adjacent to an activating group) is 1. The van der Waals surface area contributed by atoms with Crippen LogP contribution in [-0.2, 0) is 22.8 Å². The standard InChI is InChI=1S/C23H31NO3S/c1-5-24(16-19-10-13-23(28(4,25)26)22(15-19)27-3)21(20-11-12-20)14-18-8-6-17(2)7-9-18/h6-10,13,15,20-21H,5,11-12,14,16H2,1-4H3. The van der Waals surface area contributed by atoms with E-state index in [2.05, 4.69) is 43.0 Å². The number of nitrogens with zero attached hydrogens (tertiary/aromatic N) is 1. The van der Waals surface area contributed by atoms with E-state index in [9.17, 15) is 8.42 Å². The average Bonchev–Trinajstić information content (AvgIpc) is 3.50. The number of aryl methyl sites for hydroxylation is 1. The Balaban J connectivity index is 1.80. The first-order valence-electron chi connectivity index (χ1n) is 9.98. The Labute approximate surface area is 169 Å². The number of methoxy groups -OCH3 is 1. The fourth-order valence-electron chi connectivity index (χ4n) is 3.86. The maximum Gasteiger partial charge on any atom is 0.179 e. The van der Waals surface area contributed by atoms with Gasteiger partial charge in [0.15, 0.2) is 9.84 Å². The molecule has 0 saturated heterocycles. The smallest absolute Gasteiger partial charge is 0.179 e. The van der Waals surface area contributed by atoms with Gasteiger partial charge in [-0.2, -0.15) is 0 Å². The van der Waals surface area contributed by atoms with E-state index in [1.807, 2.05) is 12.1 Å². The van der Waals surface area contributed by atoms with E-state index in [4.69, 9.17) is 4.74 Å². The van der Waals surface area contributed by atoms with Crippen molar-refractivity contribution < 1.29 is 13.2 Å². The van der Waals surface area contributed by atoms with E-state index >= 15 is 0 Å². The number of sulfone groups is 1. The third-order valence-electron chi connectivity index (χ3n) is 5.62. The molecule has 1 aliphatic rings. The van der Waals surface area contributed by atoms with Crippen molar-refractivity contribution in [2.24, 2.45) is 5.92 Å². The van der Waals surface area contributed by atoms with Gasteiger partial charge in [0.1, 0.15) is 10.6 Å². The van der Waals surface area contributed by atoms with Crippen LogP contribution in [0, 0.1) is 12.8 Å². The van der Waals surface area contributed by atoms with Crippen LogP contribution in [0.5, 0.6) is 5.75 Å². The van der Waals surface area contributed by atoms with Crippen LogP contribution in [0.4, 0.5) is 0 Å². The molecular formula is C23H31NO3S. The zero-order valence-electron chi connectivity index (χ0n) is 17.3. The molecule has 3 rings (SSSR count). The molecule has 2 aromatic rings. The summed E-state index contributed by atoms with van der Waals surface area (Å²) >= 11 is 0. The van der Waals surface area contributed by atoms with Crippen molar-refractivity contribution in [2.45, 2.75) is 50.6 Å². The van der Waals surface area contributed by atoms with Gasteiger partial charge < -0.3 is 4.74 Å². The first-order valence-corrected chi connectivity index (χ1v) is 11.9. The molecule has 1 unspecified atom stereocenters. The zero-order valence-corrected chi connectivity index (χ0v) is 18.1. The van der Waals surface area contributed by atoms with Gasteiger partial charge >= 0.3 is 0 Å². The second-order valence-corrected chi connectivity index (χ2v) is 9.90. The average molecular weight is 402 g/mol. The largest absolute Gasteiger partial charge is 0.495 e. The summed E-state index contributed by atoms with van der Waals surface area (Å²) in [5.74, 6) is 1.18. The van der Waals surface area contributed by atoms with Crippen LogP contribution >= 0.6 is 0 Å². The predicted molar refractivity (Wildman–Crippen MR) is 114 cm³/mol. The van der Waals surface area contributed by atoms with Crippen LogP contribution in [-0.4, -0.2) is 39.3 Å². The normalized spacial score (nSPS) is 15.6. The number of rotatable bonds is 9. The molecule has 0 amide bonds. The highest BCUT2D eigenvalue weighted by molar-refractivity contribution is 7.90. The highest BCUT2D eigenvalue weighted by atomic mass is 32.2. The zero-order chi connectivity index (χ0) is 20.3. The van der Waals surface area contributed by atoms with Crippen LogP contribution in [0.1, 0.15) is 36.5 Å². The van der Waals surface area contributed by atoms with E-state index in [1.54, 1.807) is 6.07 Å². The van der Waals surface area contributed by atoms with Crippen molar-refractivity contribution in [3.63, 3.8) is 0 Å². The molecule has 1 fully saturated rings. The van der Waals surface area contributed by atoms with E-state index in [1.165, 1.54) is 37.3 Å². The van der Waals surface area contributed by atoms with Gasteiger partial charge in [0.05, 0.1) is 7.11 Å². The van der Waals surface area contributed by atoms with Crippen molar-refractivity contribution in [3.05, 3.63) is 59.2 Å². The SMILES string of the molecule is CCN(Cc1ccc(S(C)(=O)=O)c(OC)c1)C(Cc1ccc(C)cc1)C1CC1. The molecule has 0 N–H and O–H groups in total. The molecule has 2 aromatic carbocycles. The van der Waals surface area contributed by atoms with Crippen LogP contribution in [0.3, 0.4) is 0 Å². The molecule has 1 saturated carbocycles. The van der Waals surface area contributed by atoms with Gasteiger partial charge in [-0.05, 0) is 61.9 Å². The fourth-order valence-corrected chi connectivity index (χ4v) is 4.68. The third kappa shape index (κ3) is 5.15. The Hall–Kier alpha value is -1.85. The van der Waals surface area contributed by atoms with Crippen LogP contribution in [0.15, 0.2) is 47.4 Å². The minimum atomic E-state index is -3.30. The summed E-state index contributed by atoms with van der Waals surface area (Å²) < 4.78 is 29.2. The first-order chi connectivity index (χ1) is 13.3. The molecule has 4 nitrogen and oxygen atoms in total. The van der Waals surface area contributed by atoms with E-state index in [0.717, 1.165) is 31.0 Å². The highest BCUT2D eigenvalue weighted by Crippen LogP contribution is 2.38. The summed E-state index contributed by atoms with van der Waals surface area (Å²) in [4.78, 5) is 2.77. The number of ether oxygens (including phenoxy) is 1. The molecular weight excluding hydrogens is 370 g/mol. The summed E-state index contributed by atoms with van der Waals surface area (Å²) in [7, 11) is -1.78. The third-order valence-corrected chi connectivity index (χ3v) is 6.76. The molecule has 0 radical (unpaired) electrons. The van der Waals surface area contributed by atoms with Crippen molar-refractivity contribution in [2.75, 3.05) is 19.9 Å². The molecule has 0 aromatic heterocycles. The lowest BCUT2D eigenvalue weighted by Gasteiger charge is -2.31. The van der Waals surface area contributed by atoms with Crippen LogP contribution < -0.4 is 4.74 Å². The first kappa shape index (κ1) is 20.9. The van der Waals surface area contributed by atoms with Crippen LogP contribution in [0.2, 0.25) is 0 Å². The number of benzene rings is 2. The van der Waals surface area contributed by atoms with Gasteiger partial charge in [0.2, 0.25) is 0 Å². The lowest BCUT2D eigenvalue weighted by molar-refractivity contribution is 0.175. The molecule has 0 aliphatic heterocycles. The van der Waals surface area contributed by atoms with Crippen molar-refractivity contribution in [1.29, 1.82) is 0 Å². The van der Waals surface area contributed by atoms with Gasteiger partial charge in [-0.3, -0.25) is 4.90 Å². The highest BCUT2D eigenvalue weighted by Gasteiger charge is 2.34. The van der Waals surface area contributed by atoms with Gasteiger partial charge in [-0.1, -0.05) is 42.8 Å². The van der Waals surface area contributed by atoms with Crippen molar-refractivity contribution >= 4 is 9.84 Å². The number of hydrogen-bond acceptors (Lipinski definition) is 4. The topological polar surface area (TPSA) is 46.6 Å². The van der Waals surface area contributed by atoms with Crippen LogP contribution in [0.25, 0.3) is 0 Å². The summed E-state index contributed by atoms with van der Waals surface area (Å²) in [5, 5.41) is 0. The molecule has 0 heterocycles. The lowest BCUT2D eigenvalue weighted by atomic mass is 9.99. The maximum absolute atomic E-state index is 11.9. The molecule has 1 aliphatic carbocycles. The monoisotopic (exact) mass is 401 g/mol. The molecule has 5 heteroatoms. The van der Waals surface area contributed by atoms with Gasteiger partial charge in [-0.25, -0.2) is 8.42 Å². The minimum absolute atomic E-state index is 0.250. The molecule has 152 valence electrons. The molecule has 1 atom stereocenters. The summed E-state index contributed by atoms with van der Waals surface area (Å²) in [6.07, 6.45) is 4.86. The predicted octanol–water partition coefficient (Wildman–Crippen LogP) is 4.25. The van der Waals surface area contributed by atoms with Crippen molar-refractivity contribution in [1.82, 2.24) is 4.90 Å². The molecule has 0 bridgehead atoms. The Bertz CT molecular complexity index is 902. The quantitative estimate of drug-likeness (QED) is 0.630. The van der Waals surface area contributed by atoms with E-state index < -0.39 is 9.84 Å². The molecule has 28 heavy (non-hydrogen) atoms. The Morgan fingerprint density at radius 2 is 1.75 bits per heavy atom. The van der Waals surface area contributed by atoms with Gasteiger partial charge in [0.25, 0.3) is 0 Å².